The molecule has 16 heteroatoms. The zero-order valence-electron chi connectivity index (χ0n) is 33.6. The first-order valence-corrected chi connectivity index (χ1v) is 18.3. The molecule has 4 aromatic rings. The van der Waals surface area contributed by atoms with E-state index in [2.05, 4.69) is 45.8 Å². The van der Waals surface area contributed by atoms with Crippen LogP contribution in [0.15, 0.2) is 65.9 Å². The summed E-state index contributed by atoms with van der Waals surface area (Å²) in [6.45, 7) is 11.4. The molecule has 4 rings (SSSR count). The van der Waals surface area contributed by atoms with Crippen molar-refractivity contribution < 1.29 is 38.4 Å². The number of hydrogen-bond donors (Lipinski definition) is 5. The summed E-state index contributed by atoms with van der Waals surface area (Å²) < 4.78 is 15.4. The topological polar surface area (TPSA) is 203 Å². The molecule has 1 unspecified atom stereocenters. The van der Waals surface area contributed by atoms with Crippen molar-refractivity contribution in [2.24, 2.45) is 16.8 Å². The van der Waals surface area contributed by atoms with Gasteiger partial charge in [-0.05, 0) is 47.9 Å². The third-order valence-corrected chi connectivity index (χ3v) is 9.46. The van der Waals surface area contributed by atoms with Crippen molar-refractivity contribution in [1.82, 2.24) is 35.9 Å². The van der Waals surface area contributed by atoms with E-state index in [1.54, 1.807) is 26.2 Å². The van der Waals surface area contributed by atoms with Gasteiger partial charge in [0.2, 0.25) is 18.2 Å². The van der Waals surface area contributed by atoms with Gasteiger partial charge in [-0.25, -0.2) is 19.8 Å². The summed E-state index contributed by atoms with van der Waals surface area (Å²) in [6.07, 6.45) is 2.73. The molecule has 0 aliphatic carbocycles. The predicted molar refractivity (Wildman–Crippen MR) is 211 cm³/mol. The maximum atomic E-state index is 13.3. The molecule has 0 aliphatic heterocycles. The Morgan fingerprint density at radius 1 is 0.643 bits per heavy atom. The van der Waals surface area contributed by atoms with Gasteiger partial charge in [0.05, 0.1) is 62.3 Å². The number of nitrogens with zero attached hydrogens (tertiary/aromatic N) is 3. The summed E-state index contributed by atoms with van der Waals surface area (Å²) in [6, 6.07) is 13.5. The van der Waals surface area contributed by atoms with Gasteiger partial charge in [0.25, 0.3) is 0 Å². The lowest BCUT2D eigenvalue weighted by Gasteiger charge is -2.27. The van der Waals surface area contributed by atoms with Crippen LogP contribution in [0.25, 0.3) is 33.6 Å². The first-order valence-electron chi connectivity index (χ1n) is 18.3. The number of nitrogens with one attached hydrogen (secondary N) is 5. The molecule has 6 atom stereocenters. The maximum absolute atomic E-state index is 13.3. The Morgan fingerprint density at radius 3 is 1.50 bits per heavy atom. The van der Waals surface area contributed by atoms with Crippen LogP contribution in [0.3, 0.4) is 0 Å². The van der Waals surface area contributed by atoms with Gasteiger partial charge in [0, 0.05) is 14.2 Å². The number of ether oxygens (including phenoxy) is 3. The maximum Gasteiger partial charge on any atom is 0.407 e. The molecule has 0 radical (unpaired) electrons. The van der Waals surface area contributed by atoms with Crippen LogP contribution in [0.4, 0.5) is 4.79 Å². The number of imidazole rings is 2. The fourth-order valence-electron chi connectivity index (χ4n) is 5.93. The molecule has 2 aromatic heterocycles. The van der Waals surface area contributed by atoms with Crippen molar-refractivity contribution in [1.29, 1.82) is 0 Å². The van der Waals surface area contributed by atoms with Crippen molar-refractivity contribution in [3.63, 3.8) is 0 Å². The fraction of sp³-hybridized carbons (Fsp3) is 0.450. The van der Waals surface area contributed by atoms with Gasteiger partial charge in [-0.1, -0.05) is 76.2 Å². The number of carbonyl (C=O) groups is 3. The summed E-state index contributed by atoms with van der Waals surface area (Å²) >= 11 is 0. The van der Waals surface area contributed by atoms with Crippen molar-refractivity contribution in [3.8, 4) is 33.6 Å². The highest BCUT2D eigenvalue weighted by molar-refractivity contribution is 5.86. The zero-order chi connectivity index (χ0) is 40.9. The van der Waals surface area contributed by atoms with Gasteiger partial charge in [-0.15, -0.1) is 0 Å². The molecule has 0 aliphatic rings. The van der Waals surface area contributed by atoms with E-state index in [0.717, 1.165) is 40.0 Å². The number of carbonyl (C=O) groups excluding carboxylic acids is 3. The van der Waals surface area contributed by atoms with E-state index in [4.69, 9.17) is 19.1 Å². The highest BCUT2D eigenvalue weighted by atomic mass is 17.2. The molecule has 0 bridgehead atoms. The third-order valence-electron chi connectivity index (χ3n) is 9.46. The molecule has 0 fully saturated rings. The largest absolute Gasteiger partial charge is 0.453 e. The minimum Gasteiger partial charge on any atom is -0.453 e. The van der Waals surface area contributed by atoms with Crippen LogP contribution in [0.1, 0.15) is 65.3 Å². The second-order valence-electron chi connectivity index (χ2n) is 13.9. The Labute approximate surface area is 327 Å². The van der Waals surface area contributed by atoms with Gasteiger partial charge in [-0.2, -0.15) is 4.89 Å². The van der Waals surface area contributed by atoms with Crippen molar-refractivity contribution in [3.05, 3.63) is 72.6 Å². The SMILES string of the molecule is COOC=N[C@H](C(=O)N[C@@H](c1ncc(-c2ccc(-c3ccc(-c4cnc([C@H](NC(=O)[C@@H](NC(=O)OC)C(C)OC)C(C)C)[nH]4)cc3)cc2)[nH]1)C(C)C)[C@@H](C)OC. The smallest absolute Gasteiger partial charge is 0.407 e. The average molecular weight is 775 g/mol. The Balaban J connectivity index is 1.45. The summed E-state index contributed by atoms with van der Waals surface area (Å²) in [4.78, 5) is 67.8. The van der Waals surface area contributed by atoms with E-state index >= 15 is 0 Å². The number of rotatable bonds is 19. The van der Waals surface area contributed by atoms with E-state index in [-0.39, 0.29) is 17.7 Å². The highest BCUT2D eigenvalue weighted by Gasteiger charge is 2.32. The molecule has 0 saturated carbocycles. The first kappa shape index (κ1) is 43.2. The predicted octanol–water partition coefficient (Wildman–Crippen LogP) is 5.53. The number of aromatic nitrogens is 4. The van der Waals surface area contributed by atoms with Gasteiger partial charge in [0.1, 0.15) is 17.7 Å². The molecular weight excluding hydrogens is 720 g/mol. The first-order chi connectivity index (χ1) is 26.8. The summed E-state index contributed by atoms with van der Waals surface area (Å²) in [7, 11) is 5.56. The average Bonchev–Trinajstić information content (AvgIpc) is 3.90. The van der Waals surface area contributed by atoms with Crippen molar-refractivity contribution in [2.45, 2.75) is 77.9 Å². The number of methoxy groups -OCH3 is 3. The summed E-state index contributed by atoms with van der Waals surface area (Å²) in [5, 5.41) is 8.60. The number of alkyl carbamates (subject to hydrolysis) is 1. The Hall–Kier alpha value is -5.58. The van der Waals surface area contributed by atoms with Crippen LogP contribution in [-0.4, -0.2) is 97.0 Å². The number of H-pyrrole nitrogens is 2. The fourth-order valence-corrected chi connectivity index (χ4v) is 5.93. The van der Waals surface area contributed by atoms with Crippen LogP contribution in [0.2, 0.25) is 0 Å². The second-order valence-corrected chi connectivity index (χ2v) is 13.9. The molecule has 2 heterocycles. The number of hydrogen-bond acceptors (Lipinski definition) is 11. The lowest BCUT2D eigenvalue weighted by atomic mass is 10.0. The van der Waals surface area contributed by atoms with E-state index in [9.17, 15) is 14.4 Å². The number of benzene rings is 2. The van der Waals surface area contributed by atoms with Crippen LogP contribution >= 0.6 is 0 Å². The summed E-state index contributed by atoms with van der Waals surface area (Å²) in [5.41, 5.74) is 5.51. The molecule has 0 spiro atoms. The quantitative estimate of drug-likeness (QED) is 0.0349. The Kier molecular flexibility index (Phi) is 15.7. The highest BCUT2D eigenvalue weighted by Crippen LogP contribution is 2.29. The van der Waals surface area contributed by atoms with Crippen molar-refractivity contribution in [2.75, 3.05) is 28.4 Å². The molecule has 2 aromatic carbocycles. The molecule has 16 nitrogen and oxygen atoms in total. The van der Waals surface area contributed by atoms with E-state index in [1.165, 1.54) is 28.4 Å². The molecular formula is C40H54N8O8. The minimum absolute atomic E-state index is 0.0176. The molecule has 302 valence electrons. The van der Waals surface area contributed by atoms with Crippen molar-refractivity contribution >= 4 is 24.3 Å². The Morgan fingerprint density at radius 2 is 1.09 bits per heavy atom. The monoisotopic (exact) mass is 774 g/mol. The van der Waals surface area contributed by atoms with Crippen LogP contribution in [0.5, 0.6) is 0 Å². The lowest BCUT2D eigenvalue weighted by Crippen LogP contribution is -2.54. The molecule has 3 amide bonds. The summed E-state index contributed by atoms with van der Waals surface area (Å²) in [5.74, 6) is 0.449. The van der Waals surface area contributed by atoms with Gasteiger partial charge >= 0.3 is 6.09 Å². The van der Waals surface area contributed by atoms with Crippen LogP contribution in [0, 0.1) is 11.8 Å². The van der Waals surface area contributed by atoms with Gasteiger partial charge < -0.3 is 45.0 Å². The molecule has 56 heavy (non-hydrogen) atoms. The van der Waals surface area contributed by atoms with Crippen LogP contribution < -0.4 is 16.0 Å². The molecule has 5 N–H and O–H groups in total. The van der Waals surface area contributed by atoms with Crippen LogP contribution in [-0.2, 0) is 33.6 Å². The number of aromatic amines is 2. The minimum atomic E-state index is -0.967. The third kappa shape index (κ3) is 11.0. The molecule has 0 saturated heterocycles. The van der Waals surface area contributed by atoms with Gasteiger partial charge in [-0.3, -0.25) is 9.59 Å². The Bertz CT molecular complexity index is 1890. The van der Waals surface area contributed by atoms with E-state index in [0.29, 0.717) is 11.6 Å². The number of amides is 3. The normalized spacial score (nSPS) is 14.9. The van der Waals surface area contributed by atoms with E-state index in [1.807, 2.05) is 76.2 Å². The zero-order valence-corrected chi connectivity index (χ0v) is 33.6. The van der Waals surface area contributed by atoms with E-state index < -0.39 is 48.4 Å². The van der Waals surface area contributed by atoms with Gasteiger partial charge in [0.15, 0.2) is 6.04 Å². The standard InChI is InChI=1S/C40H54N8O8/c1-22(2)32(46-38(49)34(24(5)52-7)43-21-56-55-10)36-41-19-30(44-36)28-15-11-26(12-16-28)27-13-17-29(18-14-27)31-20-42-37(45-31)33(23(3)4)47-39(50)35(25(6)53-8)48-40(51)54-9/h11-25,32-35H,1-10H3,(H,41,44)(H,42,45)(H,46,49)(H,47,50)(H,48,51)/t24-,25?,32-,33-,34+,35+/m1/s1. The lowest BCUT2D eigenvalue weighted by molar-refractivity contribution is -0.188. The second kappa shape index (κ2) is 20.4. The number of aliphatic imine (C=N–C) groups is 1.